The predicted octanol–water partition coefficient (Wildman–Crippen LogP) is 1.39. The first-order valence-corrected chi connectivity index (χ1v) is 6.94. The lowest BCUT2D eigenvalue weighted by atomic mass is 9.96. The Morgan fingerprint density at radius 1 is 0.833 bits per heavy atom. The Bertz CT molecular complexity index is 957. The molecule has 0 fully saturated rings. The van der Waals surface area contributed by atoms with E-state index in [1.54, 1.807) is 0 Å². The highest BCUT2D eigenvalue weighted by Gasteiger charge is 2.32. The van der Waals surface area contributed by atoms with Gasteiger partial charge in [-0.15, -0.1) is 0 Å². The zero-order valence-corrected chi connectivity index (χ0v) is 11.9. The Balaban J connectivity index is 1.74. The summed E-state index contributed by atoms with van der Waals surface area (Å²) in [5.74, 6) is -2.70. The minimum Gasteiger partial charge on any atom is -0.428 e. The number of hydrogen-bond acceptors (Lipinski definition) is 7. The van der Waals surface area contributed by atoms with Gasteiger partial charge in [0, 0.05) is 16.7 Å². The molecule has 7 heteroatoms. The van der Waals surface area contributed by atoms with Crippen molar-refractivity contribution in [2.45, 2.75) is 6.29 Å². The second kappa shape index (κ2) is 4.84. The van der Waals surface area contributed by atoms with Crippen molar-refractivity contribution in [3.05, 3.63) is 69.8 Å². The van der Waals surface area contributed by atoms with Crippen LogP contribution in [0.5, 0.6) is 0 Å². The molecule has 0 saturated carbocycles. The number of carbonyl (C=O) groups excluding carboxylic acids is 4. The first-order chi connectivity index (χ1) is 11.5. The number of fused-ring (bicyclic) bond motifs is 2. The van der Waals surface area contributed by atoms with Crippen molar-refractivity contribution in [1.29, 1.82) is 0 Å². The Morgan fingerprint density at radius 3 is 2.21 bits per heavy atom. The largest absolute Gasteiger partial charge is 0.428 e. The zero-order chi connectivity index (χ0) is 17.0. The molecule has 24 heavy (non-hydrogen) atoms. The van der Waals surface area contributed by atoms with Gasteiger partial charge in [-0.05, 0) is 18.2 Å². The molecule has 2 aromatic carbocycles. The molecule has 0 aliphatic carbocycles. The van der Waals surface area contributed by atoms with Crippen LogP contribution in [0.25, 0.3) is 0 Å². The number of benzene rings is 2. The van der Waals surface area contributed by atoms with E-state index in [1.807, 2.05) is 0 Å². The average Bonchev–Trinajstić information content (AvgIpc) is 3.02. The van der Waals surface area contributed by atoms with Crippen molar-refractivity contribution in [3.8, 4) is 0 Å². The van der Waals surface area contributed by atoms with E-state index < -0.39 is 30.0 Å². The van der Waals surface area contributed by atoms with Gasteiger partial charge in [0.2, 0.25) is 6.29 Å². The van der Waals surface area contributed by atoms with Gasteiger partial charge in [0.05, 0.1) is 16.7 Å². The molecule has 2 heterocycles. The number of rotatable bonds is 2. The highest BCUT2D eigenvalue weighted by molar-refractivity contribution is 6.17. The molecule has 1 N–H and O–H groups in total. The topological polar surface area (TPSA) is 107 Å². The molecule has 0 aromatic heterocycles. The van der Waals surface area contributed by atoms with Crippen LogP contribution in [0.2, 0.25) is 0 Å². The normalized spacial score (nSPS) is 18.0. The number of cyclic esters (lactones) is 3. The molecule has 0 bridgehead atoms. The maximum absolute atomic E-state index is 12.6. The maximum atomic E-state index is 12.6. The molecule has 4 rings (SSSR count). The van der Waals surface area contributed by atoms with Gasteiger partial charge in [0.1, 0.15) is 0 Å². The average molecular weight is 324 g/mol. The summed E-state index contributed by atoms with van der Waals surface area (Å²) in [6.45, 7) is 0. The third-order valence-corrected chi connectivity index (χ3v) is 3.93. The summed E-state index contributed by atoms with van der Waals surface area (Å²) >= 11 is 0. The van der Waals surface area contributed by atoms with Gasteiger partial charge < -0.3 is 14.6 Å². The number of aliphatic hydroxyl groups is 1. The number of ketones is 1. The third kappa shape index (κ3) is 1.95. The number of esters is 3. The van der Waals surface area contributed by atoms with Crippen LogP contribution < -0.4 is 0 Å². The molecule has 0 radical (unpaired) electrons. The first-order valence-electron chi connectivity index (χ1n) is 6.94. The van der Waals surface area contributed by atoms with Crippen molar-refractivity contribution < 1.29 is 33.8 Å². The molecule has 2 aliphatic heterocycles. The van der Waals surface area contributed by atoms with E-state index in [0.717, 1.165) is 0 Å². The van der Waals surface area contributed by atoms with E-state index in [4.69, 9.17) is 0 Å². The van der Waals surface area contributed by atoms with Gasteiger partial charge >= 0.3 is 17.9 Å². The maximum Gasteiger partial charge on any atom is 0.346 e. The SMILES string of the molecule is O=C(c1ccc2c(c1)C(=O)OC2=O)c1ccc2c(c1)C(=O)OC2O. The van der Waals surface area contributed by atoms with Gasteiger partial charge in [-0.1, -0.05) is 18.2 Å². The summed E-state index contributed by atoms with van der Waals surface area (Å²) in [4.78, 5) is 47.2. The Labute approximate surface area is 134 Å². The molecule has 118 valence electrons. The molecule has 0 saturated heterocycles. The lowest BCUT2D eigenvalue weighted by Crippen LogP contribution is -2.05. The third-order valence-electron chi connectivity index (χ3n) is 3.93. The van der Waals surface area contributed by atoms with E-state index >= 15 is 0 Å². The van der Waals surface area contributed by atoms with Crippen LogP contribution >= 0.6 is 0 Å². The van der Waals surface area contributed by atoms with Crippen molar-refractivity contribution in [2.75, 3.05) is 0 Å². The Kier molecular flexibility index (Phi) is 2.88. The number of ether oxygens (including phenoxy) is 2. The molecule has 7 nitrogen and oxygen atoms in total. The van der Waals surface area contributed by atoms with Gasteiger partial charge in [-0.3, -0.25) is 4.79 Å². The molecule has 2 aromatic rings. The smallest absolute Gasteiger partial charge is 0.346 e. The van der Waals surface area contributed by atoms with E-state index in [-0.39, 0.29) is 27.8 Å². The van der Waals surface area contributed by atoms with Crippen LogP contribution in [-0.4, -0.2) is 28.8 Å². The summed E-state index contributed by atoms with van der Waals surface area (Å²) in [7, 11) is 0. The van der Waals surface area contributed by atoms with Crippen LogP contribution in [0.4, 0.5) is 0 Å². The lowest BCUT2D eigenvalue weighted by Gasteiger charge is -2.04. The summed E-state index contributed by atoms with van der Waals surface area (Å²) in [5, 5.41) is 9.55. The lowest BCUT2D eigenvalue weighted by molar-refractivity contribution is -0.0548. The van der Waals surface area contributed by atoms with E-state index in [0.29, 0.717) is 5.56 Å². The number of hydrogen-bond donors (Lipinski definition) is 1. The fourth-order valence-electron chi connectivity index (χ4n) is 2.71. The summed E-state index contributed by atoms with van der Waals surface area (Å²) < 4.78 is 9.15. The van der Waals surface area contributed by atoms with E-state index in [1.165, 1.54) is 36.4 Å². The van der Waals surface area contributed by atoms with Crippen molar-refractivity contribution in [2.24, 2.45) is 0 Å². The second-order valence-electron chi connectivity index (χ2n) is 5.33. The fraction of sp³-hybridized carbons (Fsp3) is 0.0588. The molecule has 2 aliphatic rings. The van der Waals surface area contributed by atoms with Gasteiger partial charge in [-0.25, -0.2) is 14.4 Å². The predicted molar refractivity (Wildman–Crippen MR) is 76.4 cm³/mol. The molecule has 1 unspecified atom stereocenters. The summed E-state index contributed by atoms with van der Waals surface area (Å²) in [6, 6.07) is 8.24. The quantitative estimate of drug-likeness (QED) is 0.505. The molecular formula is C17H8O7. The summed E-state index contributed by atoms with van der Waals surface area (Å²) in [6.07, 6.45) is -1.34. The highest BCUT2D eigenvalue weighted by Crippen LogP contribution is 2.30. The standard InChI is InChI=1S/C17H8O7/c18-13(7-1-3-9-11(5-7)16(21)23-14(9)19)8-2-4-10-12(6-8)17(22)24-15(10)20/h1-6,14,19H. The number of carbonyl (C=O) groups is 4. The van der Waals surface area contributed by atoms with Crippen molar-refractivity contribution in [3.63, 3.8) is 0 Å². The van der Waals surface area contributed by atoms with Crippen molar-refractivity contribution in [1.82, 2.24) is 0 Å². The van der Waals surface area contributed by atoms with E-state index in [9.17, 15) is 24.3 Å². The minimum absolute atomic E-state index is 0.0295. The molecule has 0 amide bonds. The zero-order valence-electron chi connectivity index (χ0n) is 11.9. The highest BCUT2D eigenvalue weighted by atomic mass is 16.6. The Hall–Kier alpha value is -3.32. The molecule has 1 atom stereocenters. The van der Waals surface area contributed by atoms with Crippen molar-refractivity contribution >= 4 is 23.7 Å². The monoisotopic (exact) mass is 324 g/mol. The van der Waals surface area contributed by atoms with Gasteiger partial charge in [0.25, 0.3) is 0 Å². The van der Waals surface area contributed by atoms with E-state index in [2.05, 4.69) is 9.47 Å². The van der Waals surface area contributed by atoms with Crippen LogP contribution in [0.3, 0.4) is 0 Å². The number of aliphatic hydroxyl groups excluding tert-OH is 1. The first kappa shape index (κ1) is 14.3. The van der Waals surface area contributed by atoms with Gasteiger partial charge in [-0.2, -0.15) is 0 Å². The summed E-state index contributed by atoms with van der Waals surface area (Å²) in [5.41, 5.74) is 0.910. The van der Waals surface area contributed by atoms with Crippen LogP contribution in [-0.2, 0) is 9.47 Å². The molecular weight excluding hydrogens is 316 g/mol. The second-order valence-corrected chi connectivity index (χ2v) is 5.33. The molecule has 0 spiro atoms. The fourth-order valence-corrected chi connectivity index (χ4v) is 2.71. The van der Waals surface area contributed by atoms with Crippen LogP contribution in [0.1, 0.15) is 58.8 Å². The van der Waals surface area contributed by atoms with Gasteiger partial charge in [0.15, 0.2) is 5.78 Å². The minimum atomic E-state index is -1.34. The Morgan fingerprint density at radius 2 is 1.46 bits per heavy atom. The van der Waals surface area contributed by atoms with Crippen LogP contribution in [0.15, 0.2) is 36.4 Å². The van der Waals surface area contributed by atoms with Crippen LogP contribution in [0, 0.1) is 0 Å².